The molecule has 0 aliphatic rings. The van der Waals surface area contributed by atoms with Crippen LogP contribution in [0.2, 0.25) is 0 Å². The molecule has 1 aromatic heterocycles. The molecule has 1 heterocycles. The van der Waals surface area contributed by atoms with E-state index >= 15 is 0 Å². The molecule has 2 heteroatoms. The number of rotatable bonds is 5. The lowest BCUT2D eigenvalue weighted by molar-refractivity contribution is 0.0979. The summed E-state index contributed by atoms with van der Waals surface area (Å²) in [6.45, 7) is 6.32. The molecule has 0 saturated carbocycles. The fraction of sp³-hybridized carbons (Fsp3) is 0.412. The molecule has 0 saturated heterocycles. The first-order valence-electron chi connectivity index (χ1n) is 6.97. The average Bonchev–Trinajstić information content (AvgIpc) is 2.37. The molecule has 0 radical (unpaired) electrons. The molecule has 0 atom stereocenters. The Morgan fingerprint density at radius 1 is 1.26 bits per heavy atom. The smallest absolute Gasteiger partial charge is 0.163 e. The van der Waals surface area contributed by atoms with Crippen molar-refractivity contribution in [3.05, 3.63) is 41.6 Å². The Morgan fingerprint density at radius 2 is 2.00 bits per heavy atom. The minimum Gasteiger partial charge on any atom is -0.294 e. The van der Waals surface area contributed by atoms with Crippen molar-refractivity contribution in [1.82, 2.24) is 4.98 Å². The Bertz CT molecular complexity index is 587. The Kier molecular flexibility index (Phi) is 4.31. The maximum atomic E-state index is 12.4. The summed E-state index contributed by atoms with van der Waals surface area (Å²) in [5.74, 6) is 0.895. The second-order valence-electron chi connectivity index (χ2n) is 5.54. The molecule has 0 aliphatic carbocycles. The van der Waals surface area contributed by atoms with E-state index in [4.69, 9.17) is 0 Å². The van der Waals surface area contributed by atoms with Gasteiger partial charge in [-0.05, 0) is 31.4 Å². The summed E-state index contributed by atoms with van der Waals surface area (Å²) in [7, 11) is 0. The quantitative estimate of drug-likeness (QED) is 0.733. The van der Waals surface area contributed by atoms with E-state index in [-0.39, 0.29) is 5.78 Å². The molecule has 0 unspecified atom stereocenters. The molecule has 0 fully saturated rings. The van der Waals surface area contributed by atoms with Gasteiger partial charge in [-0.3, -0.25) is 9.78 Å². The lowest BCUT2D eigenvalue weighted by Crippen LogP contribution is -2.03. The van der Waals surface area contributed by atoms with Crippen molar-refractivity contribution in [2.45, 2.75) is 40.0 Å². The van der Waals surface area contributed by atoms with Crippen molar-refractivity contribution < 1.29 is 4.79 Å². The second-order valence-corrected chi connectivity index (χ2v) is 5.54. The van der Waals surface area contributed by atoms with Crippen molar-refractivity contribution in [2.24, 2.45) is 5.92 Å². The van der Waals surface area contributed by atoms with E-state index in [0.29, 0.717) is 12.3 Å². The van der Waals surface area contributed by atoms with Crippen LogP contribution in [0.1, 0.15) is 49.2 Å². The Morgan fingerprint density at radius 3 is 2.74 bits per heavy atom. The van der Waals surface area contributed by atoms with Crippen LogP contribution in [0.4, 0.5) is 0 Å². The molecule has 0 bridgehead atoms. The molecular formula is C17H21NO. The number of aromatic nitrogens is 1. The summed E-state index contributed by atoms with van der Waals surface area (Å²) in [6, 6.07) is 9.79. The zero-order valence-electron chi connectivity index (χ0n) is 11.9. The number of ketones is 1. The zero-order valence-corrected chi connectivity index (χ0v) is 11.9. The van der Waals surface area contributed by atoms with Crippen LogP contribution in [0.25, 0.3) is 10.9 Å². The van der Waals surface area contributed by atoms with Crippen molar-refractivity contribution in [1.29, 1.82) is 0 Å². The normalized spacial score (nSPS) is 11.2. The number of nitrogens with zero attached hydrogens (tertiary/aromatic N) is 1. The predicted molar refractivity (Wildman–Crippen MR) is 79.5 cm³/mol. The number of hydrogen-bond acceptors (Lipinski definition) is 2. The summed E-state index contributed by atoms with van der Waals surface area (Å²) < 4.78 is 0. The molecule has 1 aromatic carbocycles. The lowest BCUT2D eigenvalue weighted by atomic mass is 9.98. The number of hydrogen-bond donors (Lipinski definition) is 0. The summed E-state index contributed by atoms with van der Waals surface area (Å²) in [5.41, 5.74) is 2.65. The van der Waals surface area contributed by atoms with E-state index in [9.17, 15) is 4.79 Å². The number of pyridine rings is 1. The highest BCUT2D eigenvalue weighted by molar-refractivity contribution is 6.07. The molecule has 2 aromatic rings. The number of benzene rings is 1. The van der Waals surface area contributed by atoms with Gasteiger partial charge >= 0.3 is 0 Å². The average molecular weight is 255 g/mol. The molecule has 0 aliphatic heterocycles. The topological polar surface area (TPSA) is 30.0 Å². The number of carbonyl (C=O) groups is 1. The van der Waals surface area contributed by atoms with Crippen LogP contribution in [0.3, 0.4) is 0 Å². The first kappa shape index (κ1) is 13.7. The van der Waals surface area contributed by atoms with Gasteiger partial charge in [0.1, 0.15) is 0 Å². The van der Waals surface area contributed by atoms with Gasteiger partial charge < -0.3 is 0 Å². The van der Waals surface area contributed by atoms with Crippen molar-refractivity contribution in [3.63, 3.8) is 0 Å². The third-order valence-corrected chi connectivity index (χ3v) is 3.33. The number of Topliss-reactive ketones (excluding diaryl/α,β-unsaturated/α-hetero) is 1. The van der Waals surface area contributed by atoms with Gasteiger partial charge in [0.05, 0.1) is 5.52 Å². The molecule has 0 amide bonds. The van der Waals surface area contributed by atoms with Gasteiger partial charge in [0, 0.05) is 23.1 Å². The SMILES string of the molecule is Cc1cc(C(=O)CCCC(C)C)c2ccccc2n1. The Labute approximate surface area is 114 Å². The lowest BCUT2D eigenvalue weighted by Gasteiger charge is -2.08. The maximum Gasteiger partial charge on any atom is 0.163 e. The summed E-state index contributed by atoms with van der Waals surface area (Å²) in [6.07, 6.45) is 2.70. The van der Waals surface area contributed by atoms with Gasteiger partial charge in [-0.2, -0.15) is 0 Å². The monoisotopic (exact) mass is 255 g/mol. The third kappa shape index (κ3) is 3.40. The van der Waals surface area contributed by atoms with Crippen LogP contribution in [0.15, 0.2) is 30.3 Å². The molecular weight excluding hydrogens is 234 g/mol. The van der Waals surface area contributed by atoms with Gasteiger partial charge in [-0.1, -0.05) is 38.5 Å². The second kappa shape index (κ2) is 5.96. The highest BCUT2D eigenvalue weighted by atomic mass is 16.1. The van der Waals surface area contributed by atoms with E-state index in [1.165, 1.54) is 0 Å². The molecule has 100 valence electrons. The molecule has 2 nitrogen and oxygen atoms in total. The van der Waals surface area contributed by atoms with Crippen LogP contribution in [-0.4, -0.2) is 10.8 Å². The highest BCUT2D eigenvalue weighted by Crippen LogP contribution is 2.20. The van der Waals surface area contributed by atoms with Crippen LogP contribution < -0.4 is 0 Å². The van der Waals surface area contributed by atoms with Crippen LogP contribution in [0.5, 0.6) is 0 Å². The fourth-order valence-corrected chi connectivity index (χ4v) is 2.34. The largest absolute Gasteiger partial charge is 0.294 e. The van der Waals surface area contributed by atoms with E-state index in [1.54, 1.807) is 0 Å². The van der Waals surface area contributed by atoms with Gasteiger partial charge in [-0.15, -0.1) is 0 Å². The van der Waals surface area contributed by atoms with E-state index in [1.807, 2.05) is 37.3 Å². The maximum absolute atomic E-state index is 12.4. The molecule has 2 rings (SSSR count). The van der Waals surface area contributed by atoms with Crippen LogP contribution in [0, 0.1) is 12.8 Å². The first-order chi connectivity index (χ1) is 9.08. The predicted octanol–water partition coefficient (Wildman–Crippen LogP) is 4.55. The Hall–Kier alpha value is -1.70. The zero-order chi connectivity index (χ0) is 13.8. The molecule has 19 heavy (non-hydrogen) atoms. The van der Waals surface area contributed by atoms with Crippen molar-refractivity contribution >= 4 is 16.7 Å². The van der Waals surface area contributed by atoms with Crippen LogP contribution >= 0.6 is 0 Å². The van der Waals surface area contributed by atoms with Gasteiger partial charge in [0.25, 0.3) is 0 Å². The number of fused-ring (bicyclic) bond motifs is 1. The summed E-state index contributed by atoms with van der Waals surface area (Å²) in [4.78, 5) is 16.8. The highest BCUT2D eigenvalue weighted by Gasteiger charge is 2.11. The Balaban J connectivity index is 2.26. The van der Waals surface area contributed by atoms with Crippen LogP contribution in [-0.2, 0) is 0 Å². The molecule has 0 N–H and O–H groups in total. The number of carbonyl (C=O) groups excluding carboxylic acids is 1. The summed E-state index contributed by atoms with van der Waals surface area (Å²) in [5, 5.41) is 0.975. The minimum atomic E-state index is 0.238. The third-order valence-electron chi connectivity index (χ3n) is 3.33. The molecule has 0 spiro atoms. The van der Waals surface area contributed by atoms with E-state index in [0.717, 1.165) is 35.0 Å². The minimum absolute atomic E-state index is 0.238. The first-order valence-corrected chi connectivity index (χ1v) is 6.97. The number of aryl methyl sites for hydroxylation is 1. The van der Waals surface area contributed by atoms with E-state index in [2.05, 4.69) is 18.8 Å². The van der Waals surface area contributed by atoms with Gasteiger partial charge in [0.2, 0.25) is 0 Å². The van der Waals surface area contributed by atoms with Crippen molar-refractivity contribution in [3.8, 4) is 0 Å². The number of para-hydroxylation sites is 1. The van der Waals surface area contributed by atoms with Crippen molar-refractivity contribution in [2.75, 3.05) is 0 Å². The standard InChI is InChI=1S/C17H21NO/c1-12(2)7-6-10-17(19)15-11-13(3)18-16-9-5-4-8-14(15)16/h4-5,8-9,11-12H,6-7,10H2,1-3H3. The summed E-state index contributed by atoms with van der Waals surface area (Å²) >= 11 is 0. The van der Waals surface area contributed by atoms with E-state index < -0.39 is 0 Å². The van der Waals surface area contributed by atoms with Gasteiger partial charge in [-0.25, -0.2) is 0 Å². The van der Waals surface area contributed by atoms with Gasteiger partial charge in [0.15, 0.2) is 5.78 Å². The fourth-order valence-electron chi connectivity index (χ4n) is 2.34.